The number of rotatable bonds is 0. The minimum atomic E-state index is -1.16. The highest BCUT2D eigenvalue weighted by atomic mass is 16.3. The monoisotopic (exact) mass is 438 g/mol. The SMILES string of the molecule is C[C@]12Cc3cn4c(nc3C=C1CCC1C2CC[C@@]2(C)[C@H]1CC[C@@]2(O)C#N)nc1ccccc14. The van der Waals surface area contributed by atoms with Crippen molar-refractivity contribution >= 4 is 22.9 Å². The van der Waals surface area contributed by atoms with Gasteiger partial charge in [0.2, 0.25) is 5.78 Å². The van der Waals surface area contributed by atoms with Gasteiger partial charge in [-0.3, -0.25) is 4.40 Å². The Hall–Kier alpha value is -2.71. The predicted molar refractivity (Wildman–Crippen MR) is 127 cm³/mol. The van der Waals surface area contributed by atoms with Crippen molar-refractivity contribution in [1.29, 1.82) is 5.26 Å². The number of para-hydroxylation sites is 2. The molecule has 0 saturated heterocycles. The molecule has 3 saturated carbocycles. The van der Waals surface area contributed by atoms with Crippen LogP contribution in [0, 0.1) is 39.9 Å². The maximum Gasteiger partial charge on any atom is 0.235 e. The topological polar surface area (TPSA) is 74.2 Å². The zero-order valence-corrected chi connectivity index (χ0v) is 19.4. The Morgan fingerprint density at radius 3 is 2.76 bits per heavy atom. The molecule has 2 heterocycles. The Balaban J connectivity index is 1.31. The van der Waals surface area contributed by atoms with E-state index in [0.717, 1.165) is 54.6 Å². The summed E-state index contributed by atoms with van der Waals surface area (Å²) in [7, 11) is 0. The molecule has 33 heavy (non-hydrogen) atoms. The van der Waals surface area contributed by atoms with Crippen molar-refractivity contribution in [3.05, 3.63) is 47.3 Å². The Morgan fingerprint density at radius 1 is 1.09 bits per heavy atom. The average Bonchev–Trinajstić information content (AvgIpc) is 3.30. The largest absolute Gasteiger partial charge is 0.375 e. The van der Waals surface area contributed by atoms with Crippen LogP contribution in [0.5, 0.6) is 0 Å². The van der Waals surface area contributed by atoms with E-state index in [1.165, 1.54) is 12.0 Å². The molecule has 1 aromatic carbocycles. The zero-order valence-electron chi connectivity index (χ0n) is 19.4. The molecule has 0 spiro atoms. The predicted octanol–water partition coefficient (Wildman–Crippen LogP) is 5.32. The first-order valence-corrected chi connectivity index (χ1v) is 12.5. The number of hydrogen-bond acceptors (Lipinski definition) is 4. The molecule has 0 amide bonds. The van der Waals surface area contributed by atoms with E-state index in [9.17, 15) is 10.4 Å². The highest BCUT2D eigenvalue weighted by Crippen LogP contribution is 2.67. The molecular weight excluding hydrogens is 408 g/mol. The van der Waals surface area contributed by atoms with Crippen molar-refractivity contribution in [3.63, 3.8) is 0 Å². The summed E-state index contributed by atoms with van der Waals surface area (Å²) in [5.74, 6) is 2.40. The maximum absolute atomic E-state index is 11.1. The molecule has 3 aromatic rings. The lowest BCUT2D eigenvalue weighted by molar-refractivity contribution is -0.0983. The summed E-state index contributed by atoms with van der Waals surface area (Å²) in [6, 6.07) is 10.6. The van der Waals surface area contributed by atoms with E-state index in [0.29, 0.717) is 24.2 Å². The molecule has 4 aliphatic carbocycles. The van der Waals surface area contributed by atoms with E-state index in [1.54, 1.807) is 5.57 Å². The van der Waals surface area contributed by atoms with Gasteiger partial charge in [0.05, 0.1) is 22.8 Å². The Bertz CT molecular complexity index is 1400. The standard InChI is InChI=1S/C28H30N4O/c1-26-14-17-15-32-24-6-4-3-5-22(24)30-25(32)31-23(17)13-18(26)7-8-19-20(26)9-11-27(2)21(19)10-12-28(27,33)16-29/h3-6,13,15,19-21,33H,7-12,14H2,1-2H3/t19?,20?,21-,26-,27-,28+/m0/s1. The molecule has 6 atom stereocenters. The first-order chi connectivity index (χ1) is 15.9. The summed E-state index contributed by atoms with van der Waals surface area (Å²) >= 11 is 0. The first kappa shape index (κ1) is 19.7. The Kier molecular flexibility index (Phi) is 3.73. The molecule has 0 radical (unpaired) electrons. The normalized spacial score (nSPS) is 39.3. The van der Waals surface area contributed by atoms with E-state index >= 15 is 0 Å². The van der Waals surface area contributed by atoms with Crippen LogP contribution in [0.15, 0.2) is 36.0 Å². The van der Waals surface area contributed by atoms with Crippen molar-refractivity contribution in [1.82, 2.24) is 14.4 Å². The van der Waals surface area contributed by atoms with Gasteiger partial charge in [-0.15, -0.1) is 0 Å². The minimum Gasteiger partial charge on any atom is -0.375 e. The lowest BCUT2D eigenvalue weighted by Crippen LogP contribution is -2.54. The van der Waals surface area contributed by atoms with Gasteiger partial charge in [-0.05, 0) is 91.9 Å². The number of allylic oxidation sites excluding steroid dienone is 1. The molecule has 2 aromatic heterocycles. The lowest BCUT2D eigenvalue weighted by Gasteiger charge is -2.58. The second-order valence-electron chi connectivity index (χ2n) is 11.6. The molecular formula is C28H30N4O. The Morgan fingerprint density at radius 2 is 1.91 bits per heavy atom. The summed E-state index contributed by atoms with van der Waals surface area (Å²) in [6.45, 7) is 4.67. The fraction of sp³-hybridized carbons (Fsp3) is 0.536. The van der Waals surface area contributed by atoms with Gasteiger partial charge in [-0.1, -0.05) is 31.6 Å². The number of nitriles is 1. The smallest absolute Gasteiger partial charge is 0.235 e. The second-order valence-corrected chi connectivity index (χ2v) is 11.6. The van der Waals surface area contributed by atoms with Crippen LogP contribution in [0.2, 0.25) is 0 Å². The molecule has 5 nitrogen and oxygen atoms in total. The van der Waals surface area contributed by atoms with E-state index in [-0.39, 0.29) is 10.8 Å². The highest BCUT2D eigenvalue weighted by Gasteiger charge is 2.64. The van der Waals surface area contributed by atoms with Crippen LogP contribution in [-0.4, -0.2) is 25.1 Å². The lowest BCUT2D eigenvalue weighted by atomic mass is 9.46. The molecule has 5 heteroatoms. The van der Waals surface area contributed by atoms with Crippen molar-refractivity contribution < 1.29 is 5.11 Å². The summed E-state index contributed by atoms with van der Waals surface area (Å²) in [6.07, 6.45) is 11.6. The van der Waals surface area contributed by atoms with E-state index < -0.39 is 5.60 Å². The number of imidazole rings is 1. The second kappa shape index (κ2) is 6.24. The van der Waals surface area contributed by atoms with Crippen LogP contribution in [-0.2, 0) is 6.42 Å². The summed E-state index contributed by atoms with van der Waals surface area (Å²) in [5, 5.41) is 20.9. The van der Waals surface area contributed by atoms with Crippen LogP contribution in [0.1, 0.15) is 63.6 Å². The molecule has 2 unspecified atom stereocenters. The fourth-order valence-corrected chi connectivity index (χ4v) is 8.47. The van der Waals surface area contributed by atoms with Crippen molar-refractivity contribution in [2.75, 3.05) is 0 Å². The third kappa shape index (κ3) is 2.35. The zero-order chi connectivity index (χ0) is 22.6. The van der Waals surface area contributed by atoms with Gasteiger partial charge < -0.3 is 5.11 Å². The van der Waals surface area contributed by atoms with E-state index in [2.05, 4.69) is 54.8 Å². The van der Waals surface area contributed by atoms with Crippen LogP contribution in [0.3, 0.4) is 0 Å². The van der Waals surface area contributed by atoms with Crippen molar-refractivity contribution in [2.24, 2.45) is 28.6 Å². The molecule has 4 aliphatic rings. The van der Waals surface area contributed by atoms with Crippen LogP contribution in [0.4, 0.5) is 0 Å². The van der Waals surface area contributed by atoms with Crippen LogP contribution in [0.25, 0.3) is 22.9 Å². The number of fused-ring (bicyclic) bond motifs is 9. The number of benzene rings is 1. The van der Waals surface area contributed by atoms with E-state index in [4.69, 9.17) is 9.97 Å². The molecule has 0 bridgehead atoms. The van der Waals surface area contributed by atoms with Gasteiger partial charge in [-0.25, -0.2) is 9.97 Å². The van der Waals surface area contributed by atoms with Crippen LogP contribution < -0.4 is 0 Å². The Labute approximate surface area is 194 Å². The number of aliphatic hydroxyl groups is 1. The van der Waals surface area contributed by atoms with Gasteiger partial charge >= 0.3 is 0 Å². The van der Waals surface area contributed by atoms with Crippen LogP contribution >= 0.6 is 0 Å². The van der Waals surface area contributed by atoms with Gasteiger partial charge in [0.1, 0.15) is 0 Å². The number of hydrogen-bond donors (Lipinski definition) is 1. The summed E-state index contributed by atoms with van der Waals surface area (Å²) < 4.78 is 2.15. The highest BCUT2D eigenvalue weighted by molar-refractivity contribution is 5.80. The first-order valence-electron chi connectivity index (χ1n) is 12.5. The van der Waals surface area contributed by atoms with Crippen molar-refractivity contribution in [2.45, 2.75) is 64.4 Å². The number of nitrogens with zero attached hydrogens (tertiary/aromatic N) is 4. The van der Waals surface area contributed by atoms with Gasteiger partial charge in [0, 0.05) is 11.6 Å². The minimum absolute atomic E-state index is 0.121. The van der Waals surface area contributed by atoms with E-state index in [1.807, 2.05) is 6.07 Å². The molecule has 3 fully saturated rings. The molecule has 7 rings (SSSR count). The van der Waals surface area contributed by atoms with Gasteiger partial charge in [0.25, 0.3) is 0 Å². The fourth-order valence-electron chi connectivity index (χ4n) is 8.47. The summed E-state index contributed by atoms with van der Waals surface area (Å²) in [4.78, 5) is 9.73. The molecule has 168 valence electrons. The molecule has 0 aliphatic heterocycles. The quantitative estimate of drug-likeness (QED) is 0.482. The number of aromatic nitrogens is 3. The average molecular weight is 439 g/mol. The third-order valence-corrected chi connectivity index (χ3v) is 10.4. The third-order valence-electron chi connectivity index (χ3n) is 10.4. The van der Waals surface area contributed by atoms with Gasteiger partial charge in [-0.2, -0.15) is 5.26 Å². The molecule has 1 N–H and O–H groups in total. The van der Waals surface area contributed by atoms with Gasteiger partial charge in [0.15, 0.2) is 5.60 Å². The summed E-state index contributed by atoms with van der Waals surface area (Å²) in [5.41, 5.74) is 4.74. The maximum atomic E-state index is 11.1. The van der Waals surface area contributed by atoms with Crippen molar-refractivity contribution in [3.8, 4) is 6.07 Å².